The SMILES string of the molecule is COc1cc2c(cc1OC)C1C[C@H](N)[C@@H](c3cccc(C)c3)CN1CC2. The number of ether oxygens (including phenoxy) is 2. The van der Waals surface area contributed by atoms with Gasteiger partial charge in [0.05, 0.1) is 14.2 Å². The molecule has 0 saturated carbocycles. The molecule has 2 heterocycles. The van der Waals surface area contributed by atoms with Gasteiger partial charge in [0.2, 0.25) is 0 Å². The van der Waals surface area contributed by atoms with E-state index in [0.717, 1.165) is 37.4 Å². The zero-order chi connectivity index (χ0) is 18.3. The monoisotopic (exact) mass is 352 g/mol. The van der Waals surface area contributed by atoms with Crippen molar-refractivity contribution >= 4 is 0 Å². The average Bonchev–Trinajstić information content (AvgIpc) is 2.66. The Labute approximate surface area is 155 Å². The number of hydrogen-bond acceptors (Lipinski definition) is 4. The maximum Gasteiger partial charge on any atom is 0.161 e. The van der Waals surface area contributed by atoms with E-state index in [1.165, 1.54) is 22.3 Å². The Balaban J connectivity index is 1.64. The number of nitrogens with two attached hydrogens (primary N) is 1. The Morgan fingerprint density at radius 3 is 2.58 bits per heavy atom. The highest BCUT2D eigenvalue weighted by Gasteiger charge is 2.38. The van der Waals surface area contributed by atoms with Crippen molar-refractivity contribution < 1.29 is 9.47 Å². The summed E-state index contributed by atoms with van der Waals surface area (Å²) in [6.07, 6.45) is 2.02. The van der Waals surface area contributed by atoms with Gasteiger partial charge < -0.3 is 15.2 Å². The van der Waals surface area contributed by atoms with Crippen molar-refractivity contribution in [3.05, 3.63) is 58.7 Å². The first-order chi connectivity index (χ1) is 12.6. The molecule has 1 unspecified atom stereocenters. The van der Waals surface area contributed by atoms with E-state index in [-0.39, 0.29) is 6.04 Å². The standard InChI is InChI=1S/C22H28N2O2/c1-14-5-4-6-15(9-14)18-13-24-8-7-16-10-21(25-2)22(26-3)11-17(16)20(24)12-19(18)23/h4-6,9-11,18-20H,7-8,12-13,23H2,1-3H3/t18-,19+,20?/m1/s1. The molecule has 0 spiro atoms. The molecule has 2 aliphatic heterocycles. The zero-order valence-corrected chi connectivity index (χ0v) is 15.9. The van der Waals surface area contributed by atoms with Gasteiger partial charge in [0.25, 0.3) is 0 Å². The van der Waals surface area contributed by atoms with Crippen LogP contribution in [-0.4, -0.2) is 38.3 Å². The van der Waals surface area contributed by atoms with Crippen molar-refractivity contribution in [1.29, 1.82) is 0 Å². The van der Waals surface area contributed by atoms with Gasteiger partial charge in [0.1, 0.15) is 0 Å². The van der Waals surface area contributed by atoms with Crippen LogP contribution in [0, 0.1) is 6.92 Å². The molecular formula is C22H28N2O2. The Hall–Kier alpha value is -2.04. The fourth-order valence-electron chi connectivity index (χ4n) is 4.64. The number of hydrogen-bond donors (Lipinski definition) is 1. The fourth-order valence-corrected chi connectivity index (χ4v) is 4.64. The van der Waals surface area contributed by atoms with E-state index in [0.29, 0.717) is 12.0 Å². The molecule has 1 saturated heterocycles. The van der Waals surface area contributed by atoms with Crippen molar-refractivity contribution in [3.63, 3.8) is 0 Å². The lowest BCUT2D eigenvalue weighted by Crippen LogP contribution is -2.49. The predicted molar refractivity (Wildman–Crippen MR) is 104 cm³/mol. The number of nitrogens with zero attached hydrogens (tertiary/aromatic N) is 1. The van der Waals surface area contributed by atoms with Gasteiger partial charge in [-0.2, -0.15) is 0 Å². The Morgan fingerprint density at radius 1 is 1.08 bits per heavy atom. The molecule has 0 aliphatic carbocycles. The van der Waals surface area contributed by atoms with Gasteiger partial charge >= 0.3 is 0 Å². The van der Waals surface area contributed by atoms with E-state index in [4.69, 9.17) is 15.2 Å². The van der Waals surface area contributed by atoms with Crippen LogP contribution in [0.5, 0.6) is 11.5 Å². The van der Waals surface area contributed by atoms with E-state index < -0.39 is 0 Å². The van der Waals surface area contributed by atoms with Crippen LogP contribution in [0.15, 0.2) is 36.4 Å². The van der Waals surface area contributed by atoms with Crippen LogP contribution in [-0.2, 0) is 6.42 Å². The molecule has 2 aromatic rings. The number of benzene rings is 2. The molecule has 2 aliphatic rings. The largest absolute Gasteiger partial charge is 0.493 e. The molecule has 4 heteroatoms. The number of aryl methyl sites for hydroxylation is 1. The molecular weight excluding hydrogens is 324 g/mol. The van der Waals surface area contributed by atoms with Crippen LogP contribution in [0.3, 0.4) is 0 Å². The summed E-state index contributed by atoms with van der Waals surface area (Å²) in [5, 5.41) is 0. The highest BCUT2D eigenvalue weighted by molar-refractivity contribution is 5.50. The first kappa shape index (κ1) is 17.4. The third-order valence-corrected chi connectivity index (χ3v) is 6.03. The minimum atomic E-state index is 0.164. The molecule has 1 fully saturated rings. The smallest absolute Gasteiger partial charge is 0.161 e. The van der Waals surface area contributed by atoms with Crippen LogP contribution in [0.2, 0.25) is 0 Å². The lowest BCUT2D eigenvalue weighted by molar-refractivity contribution is 0.109. The van der Waals surface area contributed by atoms with Crippen molar-refractivity contribution in [1.82, 2.24) is 4.90 Å². The summed E-state index contributed by atoms with van der Waals surface area (Å²) in [5.74, 6) is 2.02. The number of fused-ring (bicyclic) bond motifs is 3. The molecule has 3 atom stereocenters. The quantitative estimate of drug-likeness (QED) is 0.919. The molecule has 26 heavy (non-hydrogen) atoms. The van der Waals surface area contributed by atoms with Gasteiger partial charge in [0, 0.05) is 31.1 Å². The Kier molecular flexibility index (Phi) is 4.63. The Morgan fingerprint density at radius 2 is 1.85 bits per heavy atom. The van der Waals surface area contributed by atoms with Crippen molar-refractivity contribution in [2.75, 3.05) is 27.3 Å². The van der Waals surface area contributed by atoms with Gasteiger partial charge in [-0.1, -0.05) is 29.8 Å². The summed E-state index contributed by atoms with van der Waals surface area (Å²) in [6.45, 7) is 4.24. The molecule has 0 amide bonds. The summed E-state index contributed by atoms with van der Waals surface area (Å²) in [5.41, 5.74) is 12.1. The van der Waals surface area contributed by atoms with E-state index in [1.807, 2.05) is 0 Å². The zero-order valence-electron chi connectivity index (χ0n) is 15.9. The van der Waals surface area contributed by atoms with Crippen LogP contribution < -0.4 is 15.2 Å². The van der Waals surface area contributed by atoms with Gasteiger partial charge in [0.15, 0.2) is 11.5 Å². The molecule has 0 aromatic heterocycles. The summed E-state index contributed by atoms with van der Waals surface area (Å²) in [7, 11) is 3.40. The normalized spacial score (nSPS) is 25.3. The number of piperidine rings is 1. The lowest BCUT2D eigenvalue weighted by atomic mass is 9.78. The molecule has 138 valence electrons. The van der Waals surface area contributed by atoms with Crippen LogP contribution in [0.25, 0.3) is 0 Å². The van der Waals surface area contributed by atoms with Crippen LogP contribution in [0.4, 0.5) is 0 Å². The minimum Gasteiger partial charge on any atom is -0.493 e. The number of methoxy groups -OCH3 is 2. The highest BCUT2D eigenvalue weighted by atomic mass is 16.5. The van der Waals surface area contributed by atoms with Crippen LogP contribution >= 0.6 is 0 Å². The molecule has 2 aromatic carbocycles. The third kappa shape index (κ3) is 2.97. The topological polar surface area (TPSA) is 47.7 Å². The summed E-state index contributed by atoms with van der Waals surface area (Å²) in [4.78, 5) is 2.60. The minimum absolute atomic E-state index is 0.164. The first-order valence-electron chi connectivity index (χ1n) is 9.41. The Bertz CT molecular complexity index is 805. The fraction of sp³-hybridized carbons (Fsp3) is 0.455. The van der Waals surface area contributed by atoms with Crippen molar-refractivity contribution in [2.24, 2.45) is 5.73 Å². The van der Waals surface area contributed by atoms with Gasteiger partial charge in [-0.25, -0.2) is 0 Å². The molecule has 4 nitrogen and oxygen atoms in total. The predicted octanol–water partition coefficient (Wildman–Crippen LogP) is 3.43. The molecule has 4 rings (SSSR count). The second-order valence-corrected chi connectivity index (χ2v) is 7.59. The second kappa shape index (κ2) is 6.93. The average molecular weight is 352 g/mol. The molecule has 0 radical (unpaired) electrons. The number of rotatable bonds is 3. The van der Waals surface area contributed by atoms with Gasteiger partial charge in [-0.3, -0.25) is 4.90 Å². The van der Waals surface area contributed by atoms with Crippen LogP contribution in [0.1, 0.15) is 40.6 Å². The second-order valence-electron chi connectivity index (χ2n) is 7.59. The van der Waals surface area contributed by atoms with E-state index in [2.05, 4.69) is 48.2 Å². The summed E-state index contributed by atoms with van der Waals surface area (Å²) in [6, 6.07) is 13.6. The van der Waals surface area contributed by atoms with Gasteiger partial charge in [-0.05, 0) is 48.6 Å². The van der Waals surface area contributed by atoms with Crippen molar-refractivity contribution in [3.8, 4) is 11.5 Å². The summed E-state index contributed by atoms with van der Waals surface area (Å²) < 4.78 is 11.0. The molecule has 0 bridgehead atoms. The van der Waals surface area contributed by atoms with E-state index >= 15 is 0 Å². The van der Waals surface area contributed by atoms with E-state index in [9.17, 15) is 0 Å². The first-order valence-corrected chi connectivity index (χ1v) is 9.41. The summed E-state index contributed by atoms with van der Waals surface area (Å²) >= 11 is 0. The lowest BCUT2D eigenvalue weighted by Gasteiger charge is -2.46. The third-order valence-electron chi connectivity index (χ3n) is 6.03. The molecule has 2 N–H and O–H groups in total. The van der Waals surface area contributed by atoms with Gasteiger partial charge in [-0.15, -0.1) is 0 Å². The van der Waals surface area contributed by atoms with E-state index in [1.54, 1.807) is 14.2 Å². The highest BCUT2D eigenvalue weighted by Crippen LogP contribution is 2.44. The maximum absolute atomic E-state index is 6.67. The van der Waals surface area contributed by atoms with Crippen molar-refractivity contribution in [2.45, 2.75) is 37.8 Å². The maximum atomic E-state index is 6.67.